The summed E-state index contributed by atoms with van der Waals surface area (Å²) in [4.78, 5) is 14.6. The summed E-state index contributed by atoms with van der Waals surface area (Å²) in [6, 6.07) is 5.92. The van der Waals surface area contributed by atoms with Crippen molar-refractivity contribution in [1.82, 2.24) is 4.90 Å². The van der Waals surface area contributed by atoms with Crippen LogP contribution in [0.4, 0.5) is 4.79 Å². The third-order valence-corrected chi connectivity index (χ3v) is 5.09. The second kappa shape index (κ2) is 8.93. The first-order valence-corrected chi connectivity index (χ1v) is 9.89. The van der Waals surface area contributed by atoms with Gasteiger partial charge in [0, 0.05) is 12.1 Å². The van der Waals surface area contributed by atoms with Crippen molar-refractivity contribution in [1.29, 1.82) is 0 Å². The Kier molecular flexibility index (Phi) is 7.17. The Hall–Kier alpha value is -1.23. The van der Waals surface area contributed by atoms with E-state index in [1.165, 1.54) is 32.1 Å². The van der Waals surface area contributed by atoms with Gasteiger partial charge < -0.3 is 14.4 Å². The van der Waals surface area contributed by atoms with Gasteiger partial charge in [-0.25, -0.2) is 4.79 Å². The van der Waals surface area contributed by atoms with E-state index in [1.807, 2.05) is 43.9 Å². The third-order valence-electron chi connectivity index (χ3n) is 4.47. The molecule has 1 aliphatic carbocycles. The minimum Gasteiger partial charge on any atom is -0.495 e. The molecule has 1 aromatic rings. The zero-order chi connectivity index (χ0) is 18.4. The van der Waals surface area contributed by atoms with Crippen LogP contribution in [0.3, 0.4) is 0 Å². The molecule has 0 spiro atoms. The normalized spacial score (nSPS) is 15.7. The average molecular weight is 412 g/mol. The van der Waals surface area contributed by atoms with E-state index in [-0.39, 0.29) is 6.09 Å². The number of methoxy groups -OCH3 is 1. The molecular weight excluding hydrogens is 382 g/mol. The molecule has 0 saturated heterocycles. The Labute approximate surface area is 160 Å². The van der Waals surface area contributed by atoms with E-state index in [0.29, 0.717) is 12.5 Å². The zero-order valence-electron chi connectivity index (χ0n) is 15.8. The SMILES string of the molecule is COc1c(Br)cccc1CN(CC1CCCCC1)C(=O)OC(C)(C)C. The topological polar surface area (TPSA) is 38.8 Å². The number of rotatable bonds is 5. The molecule has 1 aromatic carbocycles. The van der Waals surface area contributed by atoms with Crippen LogP contribution in [-0.2, 0) is 11.3 Å². The smallest absolute Gasteiger partial charge is 0.410 e. The lowest BCUT2D eigenvalue weighted by Crippen LogP contribution is -2.39. The lowest BCUT2D eigenvalue weighted by atomic mass is 9.89. The van der Waals surface area contributed by atoms with Crippen LogP contribution in [0.2, 0.25) is 0 Å². The summed E-state index contributed by atoms with van der Waals surface area (Å²) in [5.74, 6) is 1.33. The standard InChI is InChI=1S/C20H30BrNO3/c1-20(2,3)25-19(23)22(13-15-9-6-5-7-10-15)14-16-11-8-12-17(21)18(16)24-4/h8,11-12,15H,5-7,9-10,13-14H2,1-4H3. The van der Waals surface area contributed by atoms with Gasteiger partial charge in [-0.1, -0.05) is 31.4 Å². The van der Waals surface area contributed by atoms with Crippen molar-refractivity contribution in [2.45, 2.75) is 65.0 Å². The fraction of sp³-hybridized carbons (Fsp3) is 0.650. The Morgan fingerprint density at radius 1 is 1.24 bits per heavy atom. The van der Waals surface area contributed by atoms with Gasteiger partial charge in [0.2, 0.25) is 0 Å². The molecule has 1 aliphatic rings. The fourth-order valence-corrected chi connectivity index (χ4v) is 3.89. The number of amides is 1. The van der Waals surface area contributed by atoms with E-state index in [4.69, 9.17) is 9.47 Å². The van der Waals surface area contributed by atoms with Crippen molar-refractivity contribution in [3.63, 3.8) is 0 Å². The molecule has 25 heavy (non-hydrogen) atoms. The summed E-state index contributed by atoms with van der Waals surface area (Å²) in [5, 5.41) is 0. The number of nitrogens with zero attached hydrogens (tertiary/aromatic N) is 1. The molecule has 1 fully saturated rings. The van der Waals surface area contributed by atoms with Crippen LogP contribution in [0.15, 0.2) is 22.7 Å². The van der Waals surface area contributed by atoms with Crippen LogP contribution in [0.5, 0.6) is 5.75 Å². The van der Waals surface area contributed by atoms with Crippen LogP contribution < -0.4 is 4.74 Å². The van der Waals surface area contributed by atoms with Gasteiger partial charge in [-0.15, -0.1) is 0 Å². The zero-order valence-corrected chi connectivity index (χ0v) is 17.4. The summed E-state index contributed by atoms with van der Waals surface area (Å²) >= 11 is 3.52. The molecular formula is C20H30BrNO3. The second-order valence-corrected chi connectivity index (χ2v) is 8.65. The van der Waals surface area contributed by atoms with E-state index in [1.54, 1.807) is 7.11 Å². The number of halogens is 1. The molecule has 0 N–H and O–H groups in total. The fourth-order valence-electron chi connectivity index (χ4n) is 3.32. The second-order valence-electron chi connectivity index (χ2n) is 7.80. The van der Waals surface area contributed by atoms with E-state index in [2.05, 4.69) is 15.9 Å². The van der Waals surface area contributed by atoms with Gasteiger partial charge in [0.1, 0.15) is 11.4 Å². The quantitative estimate of drug-likeness (QED) is 0.616. The molecule has 0 aromatic heterocycles. The summed E-state index contributed by atoms with van der Waals surface area (Å²) in [5.41, 5.74) is 0.488. The third kappa shape index (κ3) is 6.21. The number of hydrogen-bond acceptors (Lipinski definition) is 3. The van der Waals surface area contributed by atoms with Gasteiger partial charge in [-0.2, -0.15) is 0 Å². The highest BCUT2D eigenvalue weighted by Crippen LogP contribution is 2.31. The number of benzene rings is 1. The molecule has 0 bridgehead atoms. The first kappa shape index (κ1) is 20.1. The maximum Gasteiger partial charge on any atom is 0.410 e. The lowest BCUT2D eigenvalue weighted by molar-refractivity contribution is 0.0189. The van der Waals surface area contributed by atoms with E-state index >= 15 is 0 Å². The predicted molar refractivity (Wildman–Crippen MR) is 104 cm³/mol. The molecule has 1 amide bonds. The lowest BCUT2D eigenvalue weighted by Gasteiger charge is -2.32. The van der Waals surface area contributed by atoms with E-state index < -0.39 is 5.60 Å². The summed E-state index contributed by atoms with van der Waals surface area (Å²) in [6.45, 7) is 6.95. The van der Waals surface area contributed by atoms with Crippen molar-refractivity contribution < 1.29 is 14.3 Å². The molecule has 0 unspecified atom stereocenters. The van der Waals surface area contributed by atoms with Crippen molar-refractivity contribution in [2.24, 2.45) is 5.92 Å². The summed E-state index contributed by atoms with van der Waals surface area (Å²) < 4.78 is 12.1. The number of para-hydroxylation sites is 1. The largest absolute Gasteiger partial charge is 0.495 e. The maximum absolute atomic E-state index is 12.8. The molecule has 5 heteroatoms. The molecule has 0 heterocycles. The maximum atomic E-state index is 12.8. The Bertz CT molecular complexity index is 577. The van der Waals surface area contributed by atoms with E-state index in [0.717, 1.165) is 22.3 Å². The minimum atomic E-state index is -0.497. The molecule has 0 radical (unpaired) electrons. The van der Waals surface area contributed by atoms with Crippen molar-refractivity contribution in [3.8, 4) is 5.75 Å². The highest BCUT2D eigenvalue weighted by Gasteiger charge is 2.26. The average Bonchev–Trinajstić information content (AvgIpc) is 2.54. The monoisotopic (exact) mass is 411 g/mol. The van der Waals surface area contributed by atoms with Gasteiger partial charge >= 0.3 is 6.09 Å². The van der Waals surface area contributed by atoms with Crippen LogP contribution in [0, 0.1) is 5.92 Å². The van der Waals surface area contributed by atoms with Gasteiger partial charge in [-0.3, -0.25) is 0 Å². The number of carbonyl (C=O) groups excluding carboxylic acids is 1. The minimum absolute atomic E-state index is 0.250. The molecule has 0 atom stereocenters. The molecule has 140 valence electrons. The Morgan fingerprint density at radius 3 is 2.52 bits per heavy atom. The van der Waals surface area contributed by atoms with Crippen molar-refractivity contribution >= 4 is 22.0 Å². The number of carbonyl (C=O) groups is 1. The van der Waals surface area contributed by atoms with Crippen LogP contribution >= 0.6 is 15.9 Å². The van der Waals surface area contributed by atoms with Crippen LogP contribution in [0.1, 0.15) is 58.4 Å². The van der Waals surface area contributed by atoms with Gasteiger partial charge in [0.05, 0.1) is 18.1 Å². The molecule has 2 rings (SSSR count). The Balaban J connectivity index is 2.18. The first-order chi connectivity index (χ1) is 11.8. The highest BCUT2D eigenvalue weighted by atomic mass is 79.9. The first-order valence-electron chi connectivity index (χ1n) is 9.09. The van der Waals surface area contributed by atoms with Gasteiger partial charge in [-0.05, 0) is 61.5 Å². The predicted octanol–water partition coefficient (Wildman–Crippen LogP) is 5.78. The van der Waals surface area contributed by atoms with Gasteiger partial charge in [0.15, 0.2) is 0 Å². The van der Waals surface area contributed by atoms with Crippen molar-refractivity contribution in [2.75, 3.05) is 13.7 Å². The van der Waals surface area contributed by atoms with E-state index in [9.17, 15) is 4.79 Å². The summed E-state index contributed by atoms with van der Waals surface area (Å²) in [6.07, 6.45) is 5.95. The van der Waals surface area contributed by atoms with Gasteiger partial charge in [0.25, 0.3) is 0 Å². The molecule has 0 aliphatic heterocycles. The molecule has 1 saturated carbocycles. The van der Waals surface area contributed by atoms with Crippen LogP contribution in [-0.4, -0.2) is 30.2 Å². The van der Waals surface area contributed by atoms with Crippen LogP contribution in [0.25, 0.3) is 0 Å². The molecule has 4 nitrogen and oxygen atoms in total. The Morgan fingerprint density at radius 2 is 1.92 bits per heavy atom. The number of hydrogen-bond donors (Lipinski definition) is 0. The number of ether oxygens (including phenoxy) is 2. The summed E-state index contributed by atoms with van der Waals surface area (Å²) in [7, 11) is 1.66. The highest BCUT2D eigenvalue weighted by molar-refractivity contribution is 9.10. The van der Waals surface area contributed by atoms with Crippen molar-refractivity contribution in [3.05, 3.63) is 28.2 Å².